The highest BCUT2D eigenvalue weighted by atomic mass is 35.5. The van der Waals surface area contributed by atoms with Gasteiger partial charge in [0.1, 0.15) is 0 Å². The number of allylic oxidation sites excluding steroid dienone is 1. The van der Waals surface area contributed by atoms with E-state index in [1.54, 1.807) is 18.2 Å². The molecule has 0 bridgehead atoms. The molecule has 0 aliphatic carbocycles. The first-order valence-electron chi connectivity index (χ1n) is 6.02. The van der Waals surface area contributed by atoms with Crippen molar-refractivity contribution in [2.45, 2.75) is 6.18 Å². The molecule has 108 valence electrons. The summed E-state index contributed by atoms with van der Waals surface area (Å²) in [6.45, 7) is 0. The normalized spacial score (nSPS) is 11.8. The zero-order valence-corrected chi connectivity index (χ0v) is 11.4. The van der Waals surface area contributed by atoms with Gasteiger partial charge in [-0.3, -0.25) is 4.79 Å². The Bertz CT molecular complexity index is 676. The van der Waals surface area contributed by atoms with Crippen molar-refractivity contribution in [3.8, 4) is 0 Å². The van der Waals surface area contributed by atoms with Gasteiger partial charge in [-0.1, -0.05) is 48.0 Å². The maximum atomic E-state index is 12.5. The molecule has 0 spiro atoms. The van der Waals surface area contributed by atoms with Crippen LogP contribution in [0, 0.1) is 0 Å². The van der Waals surface area contributed by atoms with E-state index in [2.05, 4.69) is 0 Å². The summed E-state index contributed by atoms with van der Waals surface area (Å²) in [7, 11) is 0. The Morgan fingerprint density at radius 1 is 1.05 bits per heavy atom. The molecule has 0 N–H and O–H groups in total. The van der Waals surface area contributed by atoms with Crippen molar-refractivity contribution in [1.82, 2.24) is 0 Å². The van der Waals surface area contributed by atoms with Crippen LogP contribution in [0.1, 0.15) is 21.5 Å². The highest BCUT2D eigenvalue weighted by Crippen LogP contribution is 2.32. The van der Waals surface area contributed by atoms with E-state index >= 15 is 0 Å². The molecule has 2 aromatic rings. The lowest BCUT2D eigenvalue weighted by molar-refractivity contribution is -0.137. The molecule has 21 heavy (non-hydrogen) atoms. The molecule has 0 aromatic heterocycles. The van der Waals surface area contributed by atoms with Gasteiger partial charge >= 0.3 is 6.18 Å². The van der Waals surface area contributed by atoms with E-state index in [9.17, 15) is 18.0 Å². The van der Waals surface area contributed by atoms with Crippen molar-refractivity contribution in [3.63, 3.8) is 0 Å². The smallest absolute Gasteiger partial charge is 0.289 e. The minimum atomic E-state index is -4.48. The summed E-state index contributed by atoms with van der Waals surface area (Å²) in [5.41, 5.74) is -0.0261. The standard InChI is InChI=1S/C16H10ClF3O/c17-14-10-12(16(18,19)20)7-8-13(14)15(21)9-6-11-4-2-1-3-5-11/h1-10H. The van der Waals surface area contributed by atoms with Crippen LogP contribution in [-0.2, 0) is 6.18 Å². The van der Waals surface area contributed by atoms with Crippen LogP contribution in [0.5, 0.6) is 0 Å². The van der Waals surface area contributed by atoms with Crippen LogP contribution in [-0.4, -0.2) is 5.78 Å². The molecular formula is C16H10ClF3O. The lowest BCUT2D eigenvalue weighted by Crippen LogP contribution is -2.06. The molecule has 0 fully saturated rings. The second-order valence-electron chi connectivity index (χ2n) is 4.30. The fourth-order valence-corrected chi connectivity index (χ4v) is 1.99. The lowest BCUT2D eigenvalue weighted by Gasteiger charge is -2.08. The van der Waals surface area contributed by atoms with Crippen molar-refractivity contribution in [2.24, 2.45) is 0 Å². The van der Waals surface area contributed by atoms with Gasteiger partial charge in [-0.05, 0) is 29.8 Å². The second kappa shape index (κ2) is 6.14. The van der Waals surface area contributed by atoms with Gasteiger partial charge in [0.15, 0.2) is 5.78 Å². The SMILES string of the molecule is O=C(C=Cc1ccccc1)c1ccc(C(F)(F)F)cc1Cl. The summed E-state index contributed by atoms with van der Waals surface area (Å²) < 4.78 is 37.5. The van der Waals surface area contributed by atoms with E-state index in [1.807, 2.05) is 18.2 Å². The van der Waals surface area contributed by atoms with Crippen LogP contribution < -0.4 is 0 Å². The summed E-state index contributed by atoms with van der Waals surface area (Å²) in [4.78, 5) is 11.9. The quantitative estimate of drug-likeness (QED) is 0.558. The third-order valence-corrected chi connectivity index (χ3v) is 3.10. The molecule has 0 aliphatic rings. The van der Waals surface area contributed by atoms with Gasteiger partial charge in [-0.15, -0.1) is 0 Å². The third-order valence-electron chi connectivity index (χ3n) is 2.79. The zero-order chi connectivity index (χ0) is 15.5. The van der Waals surface area contributed by atoms with Crippen molar-refractivity contribution in [2.75, 3.05) is 0 Å². The fourth-order valence-electron chi connectivity index (χ4n) is 1.72. The van der Waals surface area contributed by atoms with Gasteiger partial charge in [0.05, 0.1) is 10.6 Å². The van der Waals surface area contributed by atoms with Crippen molar-refractivity contribution < 1.29 is 18.0 Å². The van der Waals surface area contributed by atoms with Gasteiger partial charge in [0.2, 0.25) is 0 Å². The summed E-state index contributed by atoms with van der Waals surface area (Å²) in [5.74, 6) is -0.447. The van der Waals surface area contributed by atoms with Crippen LogP contribution in [0.15, 0.2) is 54.6 Å². The number of carbonyl (C=O) groups excluding carboxylic acids is 1. The average Bonchev–Trinajstić information content (AvgIpc) is 2.45. The van der Waals surface area contributed by atoms with Crippen LogP contribution in [0.4, 0.5) is 13.2 Å². The second-order valence-corrected chi connectivity index (χ2v) is 4.71. The first kappa shape index (κ1) is 15.3. The van der Waals surface area contributed by atoms with Gasteiger partial charge < -0.3 is 0 Å². The maximum absolute atomic E-state index is 12.5. The number of halogens is 4. The summed E-state index contributed by atoms with van der Waals surface area (Å²) in [6.07, 6.45) is -1.62. The largest absolute Gasteiger partial charge is 0.416 e. The van der Waals surface area contributed by atoms with Crippen molar-refractivity contribution in [1.29, 1.82) is 0 Å². The fraction of sp³-hybridized carbons (Fsp3) is 0.0625. The van der Waals surface area contributed by atoms with E-state index in [0.29, 0.717) is 0 Å². The molecule has 2 rings (SSSR count). The average molecular weight is 311 g/mol. The van der Waals surface area contributed by atoms with E-state index < -0.39 is 17.5 Å². The molecule has 0 saturated carbocycles. The Morgan fingerprint density at radius 2 is 1.71 bits per heavy atom. The number of rotatable bonds is 3. The molecule has 0 aliphatic heterocycles. The zero-order valence-electron chi connectivity index (χ0n) is 10.7. The van der Waals surface area contributed by atoms with E-state index in [4.69, 9.17) is 11.6 Å². The molecule has 0 amide bonds. The third kappa shape index (κ3) is 3.95. The van der Waals surface area contributed by atoms with Crippen LogP contribution in [0.25, 0.3) is 6.08 Å². The highest BCUT2D eigenvalue weighted by molar-refractivity contribution is 6.34. The Morgan fingerprint density at radius 3 is 2.29 bits per heavy atom. The Kier molecular flexibility index (Phi) is 4.48. The van der Waals surface area contributed by atoms with E-state index in [0.717, 1.165) is 23.8 Å². The van der Waals surface area contributed by atoms with Crippen molar-refractivity contribution in [3.05, 3.63) is 76.3 Å². The van der Waals surface area contributed by atoms with E-state index in [-0.39, 0.29) is 10.6 Å². The predicted octanol–water partition coefficient (Wildman–Crippen LogP) is 5.25. The minimum Gasteiger partial charge on any atom is -0.289 e. The Balaban J connectivity index is 2.22. The van der Waals surface area contributed by atoms with Crippen LogP contribution in [0.3, 0.4) is 0 Å². The van der Waals surface area contributed by atoms with Crippen LogP contribution in [0.2, 0.25) is 5.02 Å². The van der Waals surface area contributed by atoms with Gasteiger partial charge in [-0.2, -0.15) is 13.2 Å². The molecule has 2 aromatic carbocycles. The van der Waals surface area contributed by atoms with Crippen LogP contribution >= 0.6 is 11.6 Å². The number of hydrogen-bond donors (Lipinski definition) is 0. The first-order valence-corrected chi connectivity index (χ1v) is 6.40. The number of carbonyl (C=O) groups is 1. The number of ketones is 1. The molecule has 0 saturated heterocycles. The van der Waals surface area contributed by atoms with E-state index in [1.165, 1.54) is 6.08 Å². The summed E-state index contributed by atoms with van der Waals surface area (Å²) in [5, 5.41) is -0.215. The molecular weight excluding hydrogens is 301 g/mol. The van der Waals surface area contributed by atoms with Gasteiger partial charge in [0, 0.05) is 5.56 Å². The summed E-state index contributed by atoms with van der Waals surface area (Å²) in [6, 6.07) is 11.8. The molecule has 1 nitrogen and oxygen atoms in total. The number of benzene rings is 2. The number of hydrogen-bond acceptors (Lipinski definition) is 1. The summed E-state index contributed by atoms with van der Waals surface area (Å²) >= 11 is 5.76. The van der Waals surface area contributed by atoms with Gasteiger partial charge in [-0.25, -0.2) is 0 Å². The Labute approximate surface area is 124 Å². The molecule has 0 atom stereocenters. The maximum Gasteiger partial charge on any atom is 0.416 e. The Hall–Kier alpha value is -2.07. The highest BCUT2D eigenvalue weighted by Gasteiger charge is 2.31. The number of alkyl halides is 3. The van der Waals surface area contributed by atoms with Crippen molar-refractivity contribution >= 4 is 23.5 Å². The van der Waals surface area contributed by atoms with Gasteiger partial charge in [0.25, 0.3) is 0 Å². The minimum absolute atomic E-state index is 0.0387. The monoisotopic (exact) mass is 310 g/mol. The first-order chi connectivity index (χ1) is 9.88. The molecule has 5 heteroatoms. The molecule has 0 radical (unpaired) electrons. The molecule has 0 heterocycles. The predicted molar refractivity (Wildman–Crippen MR) is 76.3 cm³/mol. The topological polar surface area (TPSA) is 17.1 Å². The lowest BCUT2D eigenvalue weighted by atomic mass is 10.1. The molecule has 0 unspecified atom stereocenters.